The van der Waals surface area contributed by atoms with Crippen LogP contribution >= 0.6 is 35.3 Å². The molecule has 4 heteroatoms. The highest BCUT2D eigenvalue weighted by Gasteiger charge is 2.22. The molecule has 2 rings (SSSR count). The van der Waals surface area contributed by atoms with Crippen LogP contribution < -0.4 is 5.32 Å². The van der Waals surface area contributed by atoms with Gasteiger partial charge in [-0.05, 0) is 6.42 Å². The van der Waals surface area contributed by atoms with Crippen LogP contribution in [0.4, 0.5) is 0 Å². The van der Waals surface area contributed by atoms with Gasteiger partial charge in [0.25, 0.3) is 0 Å². The zero-order valence-electron chi connectivity index (χ0n) is 8.70. The van der Waals surface area contributed by atoms with Crippen molar-refractivity contribution in [1.82, 2.24) is 5.32 Å². The third-order valence-electron chi connectivity index (χ3n) is 2.72. The van der Waals surface area contributed by atoms with Gasteiger partial charge in [0.05, 0.1) is 0 Å². The Morgan fingerprint density at radius 1 is 1.21 bits per heavy atom. The van der Waals surface area contributed by atoms with Crippen LogP contribution in [-0.4, -0.2) is 46.1 Å². The molecule has 0 bridgehead atoms. The SMILES string of the molecule is CC1CC(NCC2CSCCS2)CS1. The predicted octanol–water partition coefficient (Wildman–Crippen LogP) is 2.32. The van der Waals surface area contributed by atoms with Crippen LogP contribution in [0.25, 0.3) is 0 Å². The zero-order valence-corrected chi connectivity index (χ0v) is 11.1. The fourth-order valence-electron chi connectivity index (χ4n) is 1.91. The van der Waals surface area contributed by atoms with Crippen molar-refractivity contribution in [2.24, 2.45) is 0 Å². The normalized spacial score (nSPS) is 38.8. The Bertz CT molecular complexity index is 166. The van der Waals surface area contributed by atoms with Gasteiger partial charge in [0.2, 0.25) is 0 Å². The molecular weight excluding hydrogens is 230 g/mol. The molecule has 14 heavy (non-hydrogen) atoms. The fourth-order valence-corrected chi connectivity index (χ4v) is 5.72. The third-order valence-corrected chi connectivity index (χ3v) is 6.92. The first-order valence-electron chi connectivity index (χ1n) is 5.39. The van der Waals surface area contributed by atoms with Gasteiger partial charge >= 0.3 is 0 Å². The second-order valence-corrected chi connectivity index (χ2v) is 8.08. The van der Waals surface area contributed by atoms with E-state index in [0.29, 0.717) is 0 Å². The van der Waals surface area contributed by atoms with Crippen LogP contribution in [0.15, 0.2) is 0 Å². The Hall–Kier alpha value is 1.01. The maximum Gasteiger partial charge on any atom is 0.0263 e. The average molecular weight is 249 g/mol. The minimum absolute atomic E-state index is 0.794. The van der Waals surface area contributed by atoms with E-state index in [4.69, 9.17) is 0 Å². The van der Waals surface area contributed by atoms with E-state index in [1.165, 1.54) is 36.0 Å². The first kappa shape index (κ1) is 11.5. The quantitative estimate of drug-likeness (QED) is 0.823. The number of hydrogen-bond acceptors (Lipinski definition) is 4. The van der Waals surface area contributed by atoms with E-state index < -0.39 is 0 Å². The lowest BCUT2D eigenvalue weighted by molar-refractivity contribution is 0.542. The van der Waals surface area contributed by atoms with E-state index in [2.05, 4.69) is 47.5 Å². The molecular formula is C10H19NS3. The highest BCUT2D eigenvalue weighted by Crippen LogP contribution is 2.27. The van der Waals surface area contributed by atoms with Crippen molar-refractivity contribution < 1.29 is 0 Å². The summed E-state index contributed by atoms with van der Waals surface area (Å²) in [7, 11) is 0. The second kappa shape index (κ2) is 5.92. The van der Waals surface area contributed by atoms with Crippen LogP contribution in [-0.2, 0) is 0 Å². The zero-order chi connectivity index (χ0) is 9.80. The molecule has 3 atom stereocenters. The van der Waals surface area contributed by atoms with Gasteiger partial charge in [0.15, 0.2) is 0 Å². The fraction of sp³-hybridized carbons (Fsp3) is 1.00. The molecule has 2 saturated heterocycles. The Balaban J connectivity index is 1.61. The molecule has 2 aliphatic heterocycles. The minimum Gasteiger partial charge on any atom is -0.312 e. The maximum atomic E-state index is 3.73. The van der Waals surface area contributed by atoms with E-state index in [-0.39, 0.29) is 0 Å². The van der Waals surface area contributed by atoms with E-state index in [9.17, 15) is 0 Å². The first-order valence-corrected chi connectivity index (χ1v) is 8.64. The molecule has 2 aliphatic rings. The van der Waals surface area contributed by atoms with Crippen molar-refractivity contribution in [3.63, 3.8) is 0 Å². The molecule has 2 heterocycles. The van der Waals surface area contributed by atoms with E-state index >= 15 is 0 Å². The minimum atomic E-state index is 0.794. The highest BCUT2D eigenvalue weighted by molar-refractivity contribution is 8.06. The molecule has 1 N–H and O–H groups in total. The van der Waals surface area contributed by atoms with Crippen LogP contribution in [0.5, 0.6) is 0 Å². The average Bonchev–Trinajstić information content (AvgIpc) is 2.63. The second-order valence-electron chi connectivity index (χ2n) is 4.05. The number of thioether (sulfide) groups is 3. The Kier molecular flexibility index (Phi) is 4.86. The summed E-state index contributed by atoms with van der Waals surface area (Å²) in [6.07, 6.45) is 1.37. The Morgan fingerprint density at radius 3 is 2.79 bits per heavy atom. The van der Waals surface area contributed by atoms with Crippen molar-refractivity contribution in [3.8, 4) is 0 Å². The van der Waals surface area contributed by atoms with Gasteiger partial charge in [0, 0.05) is 46.1 Å². The standard InChI is InChI=1S/C10H19NS3/c1-8-4-9(6-14-8)11-5-10-7-12-2-3-13-10/h8-11H,2-7H2,1H3. The molecule has 0 spiro atoms. The third kappa shape index (κ3) is 3.54. The summed E-state index contributed by atoms with van der Waals surface area (Å²) >= 11 is 6.39. The molecule has 0 aromatic rings. The molecule has 0 aromatic heterocycles. The summed E-state index contributed by atoms with van der Waals surface area (Å²) < 4.78 is 0. The monoisotopic (exact) mass is 249 g/mol. The number of rotatable bonds is 3. The molecule has 0 aliphatic carbocycles. The lowest BCUT2D eigenvalue weighted by Gasteiger charge is -2.23. The lowest BCUT2D eigenvalue weighted by atomic mass is 10.2. The molecule has 3 unspecified atom stereocenters. The molecule has 82 valence electrons. The van der Waals surface area contributed by atoms with Crippen LogP contribution in [0.1, 0.15) is 13.3 Å². The summed E-state index contributed by atoms with van der Waals surface area (Å²) in [6.45, 7) is 3.58. The van der Waals surface area contributed by atoms with Gasteiger partial charge in [-0.3, -0.25) is 0 Å². The predicted molar refractivity (Wildman–Crippen MR) is 71.9 cm³/mol. The lowest BCUT2D eigenvalue weighted by Crippen LogP contribution is -2.36. The molecule has 0 aromatic carbocycles. The summed E-state index contributed by atoms with van der Waals surface area (Å²) in [5, 5.41) is 5.47. The van der Waals surface area contributed by atoms with Gasteiger partial charge < -0.3 is 5.32 Å². The van der Waals surface area contributed by atoms with Gasteiger partial charge in [-0.15, -0.1) is 0 Å². The van der Waals surface area contributed by atoms with E-state index in [1.807, 2.05) is 0 Å². The summed E-state index contributed by atoms with van der Waals surface area (Å²) in [6, 6.07) is 0.794. The molecule has 0 amide bonds. The Morgan fingerprint density at radius 2 is 2.14 bits per heavy atom. The maximum absolute atomic E-state index is 3.73. The smallest absolute Gasteiger partial charge is 0.0263 e. The van der Waals surface area contributed by atoms with Crippen molar-refractivity contribution >= 4 is 35.3 Å². The van der Waals surface area contributed by atoms with Gasteiger partial charge in [-0.1, -0.05) is 6.92 Å². The topological polar surface area (TPSA) is 12.0 Å². The van der Waals surface area contributed by atoms with Crippen molar-refractivity contribution in [2.75, 3.05) is 29.6 Å². The summed E-state index contributed by atoms with van der Waals surface area (Å²) in [5.74, 6) is 5.39. The van der Waals surface area contributed by atoms with E-state index in [1.54, 1.807) is 0 Å². The van der Waals surface area contributed by atoms with Crippen LogP contribution in [0.3, 0.4) is 0 Å². The number of nitrogens with one attached hydrogen (secondary N) is 1. The van der Waals surface area contributed by atoms with E-state index in [0.717, 1.165) is 16.5 Å². The van der Waals surface area contributed by atoms with Gasteiger partial charge in [-0.25, -0.2) is 0 Å². The van der Waals surface area contributed by atoms with Gasteiger partial charge in [0.1, 0.15) is 0 Å². The summed E-state index contributed by atoms with van der Waals surface area (Å²) in [4.78, 5) is 0. The molecule has 1 nitrogen and oxygen atoms in total. The Labute approximate surface area is 99.9 Å². The summed E-state index contributed by atoms with van der Waals surface area (Å²) in [5.41, 5.74) is 0. The molecule has 0 saturated carbocycles. The highest BCUT2D eigenvalue weighted by atomic mass is 32.2. The van der Waals surface area contributed by atoms with Crippen molar-refractivity contribution in [3.05, 3.63) is 0 Å². The van der Waals surface area contributed by atoms with Crippen molar-refractivity contribution in [1.29, 1.82) is 0 Å². The number of hydrogen-bond donors (Lipinski definition) is 1. The van der Waals surface area contributed by atoms with Crippen LogP contribution in [0.2, 0.25) is 0 Å². The molecule has 0 radical (unpaired) electrons. The largest absolute Gasteiger partial charge is 0.312 e. The first-order chi connectivity index (χ1) is 6.84. The van der Waals surface area contributed by atoms with Gasteiger partial charge in [-0.2, -0.15) is 35.3 Å². The van der Waals surface area contributed by atoms with Crippen LogP contribution in [0, 0.1) is 0 Å². The molecule has 2 fully saturated rings. The van der Waals surface area contributed by atoms with Crippen molar-refractivity contribution in [2.45, 2.75) is 29.9 Å².